The molecule has 0 aromatic carbocycles. The highest BCUT2D eigenvalue weighted by Crippen LogP contribution is 2.47. The van der Waals surface area contributed by atoms with Gasteiger partial charge in [0, 0.05) is 11.8 Å². The van der Waals surface area contributed by atoms with Crippen LogP contribution in [-0.2, 0) is 4.79 Å². The third-order valence-corrected chi connectivity index (χ3v) is 6.22. The van der Waals surface area contributed by atoms with Gasteiger partial charge in [-0.1, -0.05) is 44.1 Å². The number of hydrogen-bond donors (Lipinski definition) is 1. The van der Waals surface area contributed by atoms with E-state index >= 15 is 0 Å². The Morgan fingerprint density at radius 1 is 1.24 bits per heavy atom. The zero-order valence-electron chi connectivity index (χ0n) is 16.2. The van der Waals surface area contributed by atoms with E-state index in [1.807, 2.05) is 19.1 Å². The number of aliphatic carboxylic acids is 1. The molecule has 0 aliphatic heterocycles. The topological polar surface area (TPSA) is 37.3 Å². The van der Waals surface area contributed by atoms with Gasteiger partial charge in [-0.3, -0.25) is 4.79 Å². The molecule has 3 heteroatoms. The molecular weight excluding hydrogens is 332 g/mol. The van der Waals surface area contributed by atoms with Gasteiger partial charge in [-0.25, -0.2) is 0 Å². The third kappa shape index (κ3) is 9.49. The Balaban J connectivity index is 0.000000299. The summed E-state index contributed by atoms with van der Waals surface area (Å²) in [4.78, 5) is 9.94. The number of alkyl halides is 1. The Labute approximate surface area is 159 Å². The molecule has 144 valence electrons. The molecule has 0 bridgehead atoms. The highest BCUT2D eigenvalue weighted by Gasteiger charge is 2.33. The lowest BCUT2D eigenvalue weighted by molar-refractivity contribution is -0.137. The molecule has 0 aromatic rings. The van der Waals surface area contributed by atoms with Crippen molar-refractivity contribution in [2.75, 3.05) is 0 Å². The fraction of sp³-hybridized carbons (Fsp3) is 0.773. The molecule has 2 fully saturated rings. The molecule has 2 rings (SSSR count). The molecule has 0 saturated heterocycles. The fourth-order valence-corrected chi connectivity index (χ4v) is 4.16. The van der Waals surface area contributed by atoms with Crippen molar-refractivity contribution >= 4 is 17.6 Å². The summed E-state index contributed by atoms with van der Waals surface area (Å²) in [6.07, 6.45) is 22.9. The van der Waals surface area contributed by atoms with Crippen molar-refractivity contribution in [2.24, 2.45) is 11.3 Å². The molecule has 2 saturated carbocycles. The fourth-order valence-electron chi connectivity index (χ4n) is 3.81. The normalized spacial score (nSPS) is 24.9. The first-order valence-corrected chi connectivity index (χ1v) is 10.6. The average molecular weight is 369 g/mol. The molecule has 2 unspecified atom stereocenters. The summed E-state index contributed by atoms with van der Waals surface area (Å²) in [5.74, 6) is 0.0703. The van der Waals surface area contributed by atoms with Crippen molar-refractivity contribution in [3.05, 3.63) is 24.3 Å². The molecule has 2 nitrogen and oxygen atoms in total. The van der Waals surface area contributed by atoms with Gasteiger partial charge in [0.1, 0.15) is 0 Å². The minimum atomic E-state index is -0.709. The molecule has 1 N–H and O–H groups in total. The second kappa shape index (κ2) is 12.6. The number of unbranched alkanes of at least 4 members (excludes halogenated alkanes) is 1. The molecule has 0 heterocycles. The van der Waals surface area contributed by atoms with Crippen molar-refractivity contribution in [1.82, 2.24) is 0 Å². The van der Waals surface area contributed by atoms with Crippen LogP contribution in [0.5, 0.6) is 0 Å². The van der Waals surface area contributed by atoms with Crippen LogP contribution in [0.2, 0.25) is 0 Å². The van der Waals surface area contributed by atoms with Gasteiger partial charge < -0.3 is 5.11 Å². The SMILES string of the molecule is C/C=C\CCCC(=O)O.CCC1(CC/C=C/C2CCC(Cl)C2)CCC1. The van der Waals surface area contributed by atoms with Crippen LogP contribution in [0.15, 0.2) is 24.3 Å². The van der Waals surface area contributed by atoms with Crippen molar-refractivity contribution in [3.8, 4) is 0 Å². The van der Waals surface area contributed by atoms with Gasteiger partial charge >= 0.3 is 5.97 Å². The highest BCUT2D eigenvalue weighted by atomic mass is 35.5. The van der Waals surface area contributed by atoms with E-state index in [4.69, 9.17) is 16.7 Å². The van der Waals surface area contributed by atoms with E-state index < -0.39 is 5.97 Å². The van der Waals surface area contributed by atoms with Gasteiger partial charge in [0.05, 0.1) is 0 Å². The summed E-state index contributed by atoms with van der Waals surface area (Å²) in [5, 5.41) is 8.64. The lowest BCUT2D eigenvalue weighted by Gasteiger charge is -2.41. The smallest absolute Gasteiger partial charge is 0.303 e. The third-order valence-electron chi connectivity index (χ3n) is 5.82. The maximum absolute atomic E-state index is 9.94. The molecule has 2 atom stereocenters. The number of rotatable bonds is 9. The van der Waals surface area contributed by atoms with Gasteiger partial charge in [-0.05, 0) is 76.0 Å². The standard InChI is InChI=1S/C15H25Cl.C7H12O2/c1-2-15(10-5-11-15)9-4-3-6-13-7-8-14(16)12-13;1-2-3-4-5-6-7(8)9/h3,6,13-14H,2,4-5,7-12H2,1H3;2-3H,4-6H2,1H3,(H,8,9)/b6-3+;3-2-. The maximum atomic E-state index is 9.94. The summed E-state index contributed by atoms with van der Waals surface area (Å²) in [7, 11) is 0. The highest BCUT2D eigenvalue weighted by molar-refractivity contribution is 6.20. The predicted octanol–water partition coefficient (Wildman–Crippen LogP) is 7.13. The zero-order chi connectivity index (χ0) is 18.5. The molecule has 2 aliphatic carbocycles. The van der Waals surface area contributed by atoms with E-state index in [0.29, 0.717) is 5.38 Å². The largest absolute Gasteiger partial charge is 0.481 e. The number of hydrogen-bond acceptors (Lipinski definition) is 1. The van der Waals surface area contributed by atoms with E-state index in [-0.39, 0.29) is 6.42 Å². The Morgan fingerprint density at radius 2 is 2.00 bits per heavy atom. The molecular formula is C22H37ClO2. The van der Waals surface area contributed by atoms with Gasteiger partial charge in [0.2, 0.25) is 0 Å². The van der Waals surface area contributed by atoms with E-state index in [1.54, 1.807) is 0 Å². The minimum Gasteiger partial charge on any atom is -0.481 e. The molecule has 0 radical (unpaired) electrons. The van der Waals surface area contributed by atoms with Crippen LogP contribution in [-0.4, -0.2) is 16.5 Å². The summed E-state index contributed by atoms with van der Waals surface area (Å²) in [6, 6.07) is 0. The summed E-state index contributed by atoms with van der Waals surface area (Å²) >= 11 is 6.11. The lowest BCUT2D eigenvalue weighted by Crippen LogP contribution is -2.28. The van der Waals surface area contributed by atoms with Crippen molar-refractivity contribution in [3.63, 3.8) is 0 Å². The van der Waals surface area contributed by atoms with Crippen LogP contribution in [0.3, 0.4) is 0 Å². The zero-order valence-corrected chi connectivity index (χ0v) is 16.9. The van der Waals surface area contributed by atoms with Gasteiger partial charge in [-0.2, -0.15) is 0 Å². The van der Waals surface area contributed by atoms with Crippen molar-refractivity contribution in [1.29, 1.82) is 0 Å². The summed E-state index contributed by atoms with van der Waals surface area (Å²) < 4.78 is 0. The van der Waals surface area contributed by atoms with Crippen LogP contribution in [0.4, 0.5) is 0 Å². The lowest BCUT2D eigenvalue weighted by atomic mass is 9.64. The Morgan fingerprint density at radius 3 is 2.48 bits per heavy atom. The minimum absolute atomic E-state index is 0.282. The van der Waals surface area contributed by atoms with Gasteiger partial charge in [-0.15, -0.1) is 11.6 Å². The van der Waals surface area contributed by atoms with Crippen LogP contribution in [0.1, 0.15) is 90.9 Å². The number of allylic oxidation sites excluding steroid dienone is 4. The van der Waals surface area contributed by atoms with Crippen LogP contribution in [0.25, 0.3) is 0 Å². The average Bonchev–Trinajstić information content (AvgIpc) is 2.96. The van der Waals surface area contributed by atoms with Crippen LogP contribution < -0.4 is 0 Å². The van der Waals surface area contributed by atoms with Gasteiger partial charge in [0.15, 0.2) is 0 Å². The number of halogens is 1. The van der Waals surface area contributed by atoms with E-state index in [1.165, 1.54) is 57.8 Å². The Bertz CT molecular complexity index is 418. The van der Waals surface area contributed by atoms with E-state index in [2.05, 4.69) is 19.1 Å². The second-order valence-corrected chi connectivity index (χ2v) is 8.32. The summed E-state index contributed by atoms with van der Waals surface area (Å²) in [6.45, 7) is 4.29. The molecule has 0 aromatic heterocycles. The second-order valence-electron chi connectivity index (χ2n) is 7.70. The van der Waals surface area contributed by atoms with Crippen molar-refractivity contribution in [2.45, 2.75) is 96.3 Å². The molecule has 0 amide bonds. The molecule has 25 heavy (non-hydrogen) atoms. The van der Waals surface area contributed by atoms with Crippen molar-refractivity contribution < 1.29 is 9.90 Å². The Kier molecular flexibility index (Phi) is 11.2. The predicted molar refractivity (Wildman–Crippen MR) is 108 cm³/mol. The van der Waals surface area contributed by atoms with Crippen LogP contribution in [0, 0.1) is 11.3 Å². The number of carbonyl (C=O) groups is 1. The first kappa shape index (κ1) is 22.3. The van der Waals surface area contributed by atoms with Gasteiger partial charge in [0.25, 0.3) is 0 Å². The Hall–Kier alpha value is -0.760. The molecule has 2 aliphatic rings. The monoisotopic (exact) mass is 368 g/mol. The maximum Gasteiger partial charge on any atom is 0.303 e. The summed E-state index contributed by atoms with van der Waals surface area (Å²) in [5.41, 5.74) is 0.731. The quantitative estimate of drug-likeness (QED) is 0.267. The first-order valence-electron chi connectivity index (χ1n) is 10.1. The van der Waals surface area contributed by atoms with E-state index in [9.17, 15) is 4.79 Å². The van der Waals surface area contributed by atoms with E-state index in [0.717, 1.165) is 24.2 Å². The first-order chi connectivity index (χ1) is 12.0. The molecule has 0 spiro atoms. The number of carboxylic acid groups (broad SMARTS) is 1. The number of carboxylic acids is 1. The van der Waals surface area contributed by atoms with Crippen LogP contribution >= 0.6 is 11.6 Å².